The van der Waals surface area contributed by atoms with E-state index >= 15 is 0 Å². The lowest BCUT2D eigenvalue weighted by atomic mass is 9.97. The minimum Gasteiger partial charge on any atom is -0.369 e. The van der Waals surface area contributed by atoms with Crippen molar-refractivity contribution in [3.63, 3.8) is 0 Å². The average Bonchev–Trinajstić information content (AvgIpc) is 2.76. The van der Waals surface area contributed by atoms with Crippen LogP contribution in [0, 0.1) is 5.92 Å². The van der Waals surface area contributed by atoms with Crippen LogP contribution in [0.25, 0.3) is 11.2 Å². The molecule has 0 aromatic carbocycles. The molecular weight excluding hydrogens is 238 g/mol. The van der Waals surface area contributed by atoms with Gasteiger partial charge in [-0.2, -0.15) is 0 Å². The van der Waals surface area contributed by atoms with Crippen molar-refractivity contribution in [1.82, 2.24) is 19.4 Å². The van der Waals surface area contributed by atoms with Crippen LogP contribution in [0.1, 0.15) is 19.8 Å². The molecule has 1 aliphatic rings. The number of nitrogens with two attached hydrogens (primary N) is 1. The lowest BCUT2D eigenvalue weighted by Crippen LogP contribution is -2.34. The van der Waals surface area contributed by atoms with E-state index in [2.05, 4.69) is 26.4 Å². The first-order chi connectivity index (χ1) is 9.28. The molecule has 1 aliphatic heterocycles. The normalized spacial score (nSPS) is 18.2. The van der Waals surface area contributed by atoms with Gasteiger partial charge in [-0.05, 0) is 50.5 Å². The highest BCUT2D eigenvalue weighted by molar-refractivity contribution is 5.73. The molecule has 0 saturated carbocycles. The first-order valence-electron chi connectivity index (χ1n) is 7.07. The van der Waals surface area contributed by atoms with Crippen molar-refractivity contribution in [3.05, 3.63) is 18.3 Å². The van der Waals surface area contributed by atoms with Gasteiger partial charge < -0.3 is 10.6 Å². The molecule has 0 bridgehead atoms. The molecule has 0 amide bonds. The number of hydrogen-bond donors (Lipinski definition) is 1. The Labute approximate surface area is 113 Å². The Hall–Kier alpha value is -1.62. The number of aromatic nitrogens is 3. The molecule has 3 rings (SSSR count). The number of rotatable bonds is 3. The largest absolute Gasteiger partial charge is 0.369 e. The number of hydrogen-bond acceptors (Lipinski definition) is 4. The average molecular weight is 259 g/mol. The zero-order chi connectivity index (χ0) is 13.2. The van der Waals surface area contributed by atoms with Gasteiger partial charge in [0.25, 0.3) is 0 Å². The quantitative estimate of drug-likeness (QED) is 0.912. The van der Waals surface area contributed by atoms with Crippen LogP contribution in [-0.2, 0) is 6.54 Å². The van der Waals surface area contributed by atoms with Gasteiger partial charge in [0.05, 0.1) is 0 Å². The van der Waals surface area contributed by atoms with Gasteiger partial charge in [-0.25, -0.2) is 9.97 Å². The molecule has 0 spiro atoms. The number of nitrogen functional groups attached to an aromatic ring is 1. The van der Waals surface area contributed by atoms with Crippen molar-refractivity contribution in [2.45, 2.75) is 26.3 Å². The topological polar surface area (TPSA) is 60.0 Å². The summed E-state index contributed by atoms with van der Waals surface area (Å²) in [6.45, 7) is 6.72. The summed E-state index contributed by atoms with van der Waals surface area (Å²) in [6, 6.07) is 3.87. The third-order valence-electron chi connectivity index (χ3n) is 4.13. The van der Waals surface area contributed by atoms with Gasteiger partial charge in [0.2, 0.25) is 5.95 Å². The van der Waals surface area contributed by atoms with Crippen LogP contribution in [0.5, 0.6) is 0 Å². The summed E-state index contributed by atoms with van der Waals surface area (Å²) in [5, 5.41) is 0. The van der Waals surface area contributed by atoms with Gasteiger partial charge >= 0.3 is 0 Å². The predicted octanol–water partition coefficient (Wildman–Crippen LogP) is 1.75. The van der Waals surface area contributed by atoms with Crippen molar-refractivity contribution < 1.29 is 0 Å². The van der Waals surface area contributed by atoms with E-state index in [0.29, 0.717) is 11.9 Å². The Bertz CT molecular complexity index is 554. The molecule has 2 N–H and O–H groups in total. The van der Waals surface area contributed by atoms with E-state index in [9.17, 15) is 0 Å². The third kappa shape index (κ3) is 2.42. The van der Waals surface area contributed by atoms with Gasteiger partial charge in [0, 0.05) is 12.7 Å². The fraction of sp³-hybridized carbons (Fsp3) is 0.571. The Morgan fingerprint density at radius 1 is 1.37 bits per heavy atom. The molecule has 19 heavy (non-hydrogen) atoms. The summed E-state index contributed by atoms with van der Waals surface area (Å²) in [7, 11) is 0. The summed E-state index contributed by atoms with van der Waals surface area (Å²) >= 11 is 0. The zero-order valence-electron chi connectivity index (χ0n) is 11.4. The maximum Gasteiger partial charge on any atom is 0.202 e. The van der Waals surface area contributed by atoms with Crippen LogP contribution in [0.4, 0.5) is 5.95 Å². The SMILES string of the molecule is CCN1CCC(Cn2c(N)nc3cccnc32)CC1. The molecule has 0 aliphatic carbocycles. The van der Waals surface area contributed by atoms with E-state index in [1.807, 2.05) is 12.1 Å². The van der Waals surface area contributed by atoms with Gasteiger partial charge in [-0.1, -0.05) is 6.92 Å². The first-order valence-corrected chi connectivity index (χ1v) is 7.07. The number of piperidine rings is 1. The monoisotopic (exact) mass is 259 g/mol. The molecule has 1 saturated heterocycles. The summed E-state index contributed by atoms with van der Waals surface area (Å²) < 4.78 is 2.07. The molecule has 0 atom stereocenters. The third-order valence-corrected chi connectivity index (χ3v) is 4.13. The lowest BCUT2D eigenvalue weighted by Gasteiger charge is -2.31. The van der Waals surface area contributed by atoms with Crippen LogP contribution >= 0.6 is 0 Å². The predicted molar refractivity (Wildman–Crippen MR) is 76.8 cm³/mol. The highest BCUT2D eigenvalue weighted by Crippen LogP contribution is 2.23. The summed E-state index contributed by atoms with van der Waals surface area (Å²) in [6.07, 6.45) is 4.28. The summed E-state index contributed by atoms with van der Waals surface area (Å²) in [4.78, 5) is 11.3. The number of likely N-dealkylation sites (tertiary alicyclic amines) is 1. The maximum absolute atomic E-state index is 6.03. The maximum atomic E-state index is 6.03. The Morgan fingerprint density at radius 2 is 2.16 bits per heavy atom. The van der Waals surface area contributed by atoms with Gasteiger partial charge in [0.1, 0.15) is 5.52 Å². The first kappa shape index (κ1) is 12.4. The second-order valence-corrected chi connectivity index (χ2v) is 5.30. The smallest absolute Gasteiger partial charge is 0.202 e. The standard InChI is InChI=1S/C14H21N5/c1-2-18-8-5-11(6-9-18)10-19-13-12(17-14(19)15)4-3-7-16-13/h3-4,7,11H,2,5-6,8-10H2,1H3,(H2,15,17). The van der Waals surface area contributed by atoms with Crippen LogP contribution in [-0.4, -0.2) is 39.1 Å². The van der Waals surface area contributed by atoms with Crippen LogP contribution < -0.4 is 5.73 Å². The van der Waals surface area contributed by atoms with E-state index < -0.39 is 0 Å². The number of anilines is 1. The highest BCUT2D eigenvalue weighted by Gasteiger charge is 2.20. The van der Waals surface area contributed by atoms with Gasteiger partial charge in [-0.15, -0.1) is 0 Å². The van der Waals surface area contributed by atoms with E-state index in [1.54, 1.807) is 6.20 Å². The fourth-order valence-corrected chi connectivity index (χ4v) is 2.90. The molecular formula is C14H21N5. The van der Waals surface area contributed by atoms with E-state index in [1.165, 1.54) is 25.9 Å². The Balaban J connectivity index is 1.77. The van der Waals surface area contributed by atoms with Crippen LogP contribution in [0.15, 0.2) is 18.3 Å². The molecule has 0 radical (unpaired) electrons. The van der Waals surface area contributed by atoms with Gasteiger partial charge in [0.15, 0.2) is 5.65 Å². The molecule has 2 aromatic heterocycles. The molecule has 5 heteroatoms. The number of nitrogens with zero attached hydrogens (tertiary/aromatic N) is 4. The Morgan fingerprint density at radius 3 is 2.89 bits per heavy atom. The molecule has 1 fully saturated rings. The van der Waals surface area contributed by atoms with Crippen molar-refractivity contribution in [2.75, 3.05) is 25.4 Å². The molecule has 0 unspecified atom stereocenters. The van der Waals surface area contributed by atoms with E-state index in [4.69, 9.17) is 5.73 Å². The second-order valence-electron chi connectivity index (χ2n) is 5.30. The summed E-state index contributed by atoms with van der Waals surface area (Å²) in [5.41, 5.74) is 7.83. The number of imidazole rings is 1. The fourth-order valence-electron chi connectivity index (χ4n) is 2.90. The van der Waals surface area contributed by atoms with E-state index in [0.717, 1.165) is 24.3 Å². The van der Waals surface area contributed by atoms with Crippen LogP contribution in [0.2, 0.25) is 0 Å². The van der Waals surface area contributed by atoms with E-state index in [-0.39, 0.29) is 0 Å². The zero-order valence-corrected chi connectivity index (χ0v) is 11.4. The lowest BCUT2D eigenvalue weighted by molar-refractivity contribution is 0.182. The van der Waals surface area contributed by atoms with Crippen molar-refractivity contribution in [3.8, 4) is 0 Å². The Kier molecular flexibility index (Phi) is 3.38. The second kappa shape index (κ2) is 5.17. The van der Waals surface area contributed by atoms with Crippen LogP contribution in [0.3, 0.4) is 0 Å². The van der Waals surface area contributed by atoms with Crippen molar-refractivity contribution >= 4 is 17.1 Å². The minimum atomic E-state index is 0.589. The molecule has 2 aromatic rings. The van der Waals surface area contributed by atoms with Crippen molar-refractivity contribution in [1.29, 1.82) is 0 Å². The number of pyridine rings is 1. The highest BCUT2D eigenvalue weighted by atomic mass is 15.2. The number of fused-ring (bicyclic) bond motifs is 1. The molecule has 102 valence electrons. The minimum absolute atomic E-state index is 0.589. The molecule has 5 nitrogen and oxygen atoms in total. The van der Waals surface area contributed by atoms with Crippen molar-refractivity contribution in [2.24, 2.45) is 5.92 Å². The molecule has 3 heterocycles. The summed E-state index contributed by atoms with van der Waals surface area (Å²) in [5.74, 6) is 1.27. The van der Waals surface area contributed by atoms with Gasteiger partial charge in [-0.3, -0.25) is 4.57 Å².